The van der Waals surface area contributed by atoms with E-state index in [2.05, 4.69) is 17.4 Å². The predicted octanol–water partition coefficient (Wildman–Crippen LogP) is 5.40. The first-order valence-electron chi connectivity index (χ1n) is 8.77. The van der Waals surface area contributed by atoms with Gasteiger partial charge < -0.3 is 9.47 Å². The molecule has 0 spiro atoms. The van der Waals surface area contributed by atoms with Gasteiger partial charge in [0.2, 0.25) is 0 Å². The highest BCUT2D eigenvalue weighted by atomic mass is 35.5. The van der Waals surface area contributed by atoms with Gasteiger partial charge in [-0.3, -0.25) is 14.9 Å². The molecule has 146 valence electrons. The number of benzene rings is 3. The number of amides is 2. The smallest absolute Gasteiger partial charge is 0.290 e. The van der Waals surface area contributed by atoms with Crippen molar-refractivity contribution < 1.29 is 19.1 Å². The van der Waals surface area contributed by atoms with Gasteiger partial charge in [-0.1, -0.05) is 54.1 Å². The maximum atomic E-state index is 11.8. The first kappa shape index (κ1) is 19.4. The number of methoxy groups -OCH3 is 1. The number of ether oxygens (including phenoxy) is 2. The molecule has 4 rings (SSSR count). The monoisotopic (exact) mass is 425 g/mol. The summed E-state index contributed by atoms with van der Waals surface area (Å²) in [5.74, 6) is 0.439. The van der Waals surface area contributed by atoms with E-state index in [1.54, 1.807) is 18.2 Å². The van der Waals surface area contributed by atoms with Gasteiger partial charge in [-0.15, -0.1) is 0 Å². The molecule has 0 saturated carbocycles. The lowest BCUT2D eigenvalue weighted by atomic mass is 10.1. The Labute approximate surface area is 176 Å². The van der Waals surface area contributed by atoms with Crippen LogP contribution >= 0.6 is 23.4 Å². The number of rotatable bonds is 5. The molecule has 29 heavy (non-hydrogen) atoms. The van der Waals surface area contributed by atoms with E-state index in [1.807, 2.05) is 30.3 Å². The van der Waals surface area contributed by atoms with Crippen molar-refractivity contribution in [2.75, 3.05) is 7.11 Å². The number of carbonyl (C=O) groups is 2. The lowest BCUT2D eigenvalue weighted by Crippen LogP contribution is -2.17. The molecule has 0 radical (unpaired) electrons. The minimum absolute atomic E-state index is 0.303. The second-order valence-corrected chi connectivity index (χ2v) is 7.74. The number of halogens is 1. The van der Waals surface area contributed by atoms with Gasteiger partial charge in [0.1, 0.15) is 6.61 Å². The molecule has 0 aromatic heterocycles. The molecule has 1 fully saturated rings. The maximum absolute atomic E-state index is 11.8. The Balaban J connectivity index is 1.62. The number of thioether (sulfide) groups is 1. The third-order valence-electron chi connectivity index (χ3n) is 4.44. The summed E-state index contributed by atoms with van der Waals surface area (Å²) in [5, 5.41) is 4.43. The average molecular weight is 426 g/mol. The van der Waals surface area contributed by atoms with E-state index in [0.29, 0.717) is 33.6 Å². The zero-order valence-corrected chi connectivity index (χ0v) is 17.0. The van der Waals surface area contributed by atoms with Crippen LogP contribution in [0.2, 0.25) is 5.02 Å². The van der Waals surface area contributed by atoms with Gasteiger partial charge in [0.05, 0.1) is 17.0 Å². The maximum Gasteiger partial charge on any atom is 0.290 e. The van der Waals surface area contributed by atoms with Crippen LogP contribution in [0, 0.1) is 0 Å². The van der Waals surface area contributed by atoms with Gasteiger partial charge in [-0.25, -0.2) is 0 Å². The van der Waals surface area contributed by atoms with Crippen LogP contribution in [0.1, 0.15) is 11.1 Å². The van der Waals surface area contributed by atoms with Crippen LogP contribution < -0.4 is 14.8 Å². The van der Waals surface area contributed by atoms with E-state index in [9.17, 15) is 9.59 Å². The van der Waals surface area contributed by atoms with Crippen molar-refractivity contribution in [3.8, 4) is 11.5 Å². The second kappa shape index (κ2) is 8.19. The number of carbonyl (C=O) groups excluding carboxylic acids is 2. The summed E-state index contributed by atoms with van der Waals surface area (Å²) in [5.41, 5.74) is 1.67. The highest BCUT2D eigenvalue weighted by molar-refractivity contribution is 8.18. The first-order valence-corrected chi connectivity index (χ1v) is 9.96. The van der Waals surface area contributed by atoms with Gasteiger partial charge in [-0.2, -0.15) is 0 Å². The summed E-state index contributed by atoms with van der Waals surface area (Å²) in [6.45, 7) is 0.324. The van der Waals surface area contributed by atoms with Crippen LogP contribution in [0.3, 0.4) is 0 Å². The molecule has 0 bridgehead atoms. The molecule has 7 heteroatoms. The van der Waals surface area contributed by atoms with E-state index in [-0.39, 0.29) is 0 Å². The van der Waals surface area contributed by atoms with E-state index < -0.39 is 11.1 Å². The SMILES string of the molecule is COc1cc(/C=C2\SC(=O)NC2=O)cc(Cl)c1OCc1cccc2ccccc12. The molecule has 1 aliphatic heterocycles. The molecular weight excluding hydrogens is 410 g/mol. The van der Waals surface area contributed by atoms with Gasteiger partial charge >= 0.3 is 0 Å². The normalized spacial score (nSPS) is 15.0. The van der Waals surface area contributed by atoms with Gasteiger partial charge in [0.25, 0.3) is 11.1 Å². The van der Waals surface area contributed by atoms with E-state index >= 15 is 0 Å². The molecule has 5 nitrogen and oxygen atoms in total. The lowest BCUT2D eigenvalue weighted by Gasteiger charge is -2.14. The van der Waals surface area contributed by atoms with Gasteiger partial charge in [0, 0.05) is 0 Å². The molecule has 1 saturated heterocycles. The number of fused-ring (bicyclic) bond motifs is 1. The predicted molar refractivity (Wildman–Crippen MR) is 115 cm³/mol. The Morgan fingerprint density at radius 2 is 1.90 bits per heavy atom. The van der Waals surface area contributed by atoms with E-state index in [0.717, 1.165) is 28.1 Å². The second-order valence-electron chi connectivity index (χ2n) is 6.31. The summed E-state index contributed by atoms with van der Waals surface area (Å²) in [6.07, 6.45) is 1.59. The van der Waals surface area contributed by atoms with Gasteiger partial charge in [0.15, 0.2) is 11.5 Å². The van der Waals surface area contributed by atoms with Gasteiger partial charge in [-0.05, 0) is 51.9 Å². The Bertz CT molecular complexity index is 1150. The van der Waals surface area contributed by atoms with Crippen molar-refractivity contribution in [3.63, 3.8) is 0 Å². The molecule has 0 aliphatic carbocycles. The molecule has 0 atom stereocenters. The van der Waals surface area contributed by atoms with Crippen molar-refractivity contribution in [1.82, 2.24) is 5.32 Å². The summed E-state index contributed by atoms with van der Waals surface area (Å²) in [4.78, 5) is 23.4. The number of nitrogens with one attached hydrogen (secondary N) is 1. The van der Waals surface area contributed by atoms with E-state index in [1.165, 1.54) is 7.11 Å². The average Bonchev–Trinajstić information content (AvgIpc) is 3.03. The van der Waals surface area contributed by atoms with Crippen molar-refractivity contribution >= 4 is 51.4 Å². The zero-order valence-electron chi connectivity index (χ0n) is 15.4. The molecule has 1 aliphatic rings. The van der Waals surface area contributed by atoms with Crippen LogP contribution in [0.4, 0.5) is 4.79 Å². The number of hydrogen-bond acceptors (Lipinski definition) is 5. The fraction of sp³-hybridized carbons (Fsp3) is 0.0909. The van der Waals surface area contributed by atoms with E-state index in [4.69, 9.17) is 21.1 Å². The molecule has 1 N–H and O–H groups in total. The number of imide groups is 1. The van der Waals surface area contributed by atoms with Crippen molar-refractivity contribution in [1.29, 1.82) is 0 Å². The Morgan fingerprint density at radius 3 is 2.66 bits per heavy atom. The van der Waals surface area contributed by atoms with Crippen LogP contribution in [0.5, 0.6) is 11.5 Å². The summed E-state index contributed by atoms with van der Waals surface area (Å²) in [7, 11) is 1.52. The highest BCUT2D eigenvalue weighted by Crippen LogP contribution is 2.38. The lowest BCUT2D eigenvalue weighted by molar-refractivity contribution is -0.115. The molecule has 2 amide bonds. The quantitative estimate of drug-likeness (QED) is 0.554. The molecule has 0 unspecified atom stereocenters. The highest BCUT2D eigenvalue weighted by Gasteiger charge is 2.25. The van der Waals surface area contributed by atoms with Crippen LogP contribution in [0.15, 0.2) is 59.5 Å². The molecule has 1 heterocycles. The fourth-order valence-corrected chi connectivity index (χ4v) is 4.06. The topological polar surface area (TPSA) is 64.6 Å². The fourth-order valence-electron chi connectivity index (χ4n) is 3.10. The molecular formula is C22H16ClNO4S. The largest absolute Gasteiger partial charge is 0.493 e. The minimum Gasteiger partial charge on any atom is -0.493 e. The number of hydrogen-bond donors (Lipinski definition) is 1. The summed E-state index contributed by atoms with van der Waals surface area (Å²) >= 11 is 7.29. The third-order valence-corrected chi connectivity index (χ3v) is 5.53. The Kier molecular flexibility index (Phi) is 5.47. The Hall–Kier alpha value is -2.96. The Morgan fingerprint density at radius 1 is 1.10 bits per heavy atom. The van der Waals surface area contributed by atoms with Crippen LogP contribution in [-0.2, 0) is 11.4 Å². The first-order chi connectivity index (χ1) is 14.0. The third kappa shape index (κ3) is 4.09. The standard InChI is InChI=1S/C22H16ClNO4S/c1-27-18-10-13(11-19-21(25)24-22(26)29-19)9-17(23)20(18)28-12-15-7-4-6-14-5-2-3-8-16(14)15/h2-11H,12H2,1H3,(H,24,25,26)/b19-11-. The summed E-state index contributed by atoms with van der Waals surface area (Å²) in [6, 6.07) is 17.5. The van der Waals surface area contributed by atoms with Crippen LogP contribution in [-0.4, -0.2) is 18.3 Å². The van der Waals surface area contributed by atoms with Crippen molar-refractivity contribution in [2.45, 2.75) is 6.61 Å². The minimum atomic E-state index is -0.425. The van der Waals surface area contributed by atoms with Crippen molar-refractivity contribution in [3.05, 3.63) is 75.7 Å². The zero-order chi connectivity index (χ0) is 20.4. The van der Waals surface area contributed by atoms with Crippen LogP contribution in [0.25, 0.3) is 16.8 Å². The molecule has 3 aromatic rings. The molecule has 3 aromatic carbocycles. The van der Waals surface area contributed by atoms with Crippen molar-refractivity contribution in [2.24, 2.45) is 0 Å². The summed E-state index contributed by atoms with van der Waals surface area (Å²) < 4.78 is 11.4.